The molecule has 18 heavy (non-hydrogen) atoms. The van der Waals surface area contributed by atoms with Crippen LogP contribution >= 0.6 is 0 Å². The van der Waals surface area contributed by atoms with Crippen LogP contribution in [0, 0.1) is 19.7 Å². The molecule has 0 radical (unpaired) electrons. The molecule has 2 aromatic carbocycles. The molecule has 0 aromatic heterocycles. The van der Waals surface area contributed by atoms with Crippen molar-refractivity contribution in [3.8, 4) is 0 Å². The first-order chi connectivity index (χ1) is 8.58. The zero-order valence-electron chi connectivity index (χ0n) is 10.3. The van der Waals surface area contributed by atoms with E-state index in [1.54, 1.807) is 19.1 Å². The lowest BCUT2D eigenvalue weighted by atomic mass is 10.1. The quantitative estimate of drug-likeness (QED) is 0.856. The zero-order valence-corrected chi connectivity index (χ0v) is 10.3. The number of carbonyl (C=O) groups is 1. The highest BCUT2D eigenvalue weighted by Gasteiger charge is 2.09. The van der Waals surface area contributed by atoms with Crippen molar-refractivity contribution in [3.63, 3.8) is 0 Å². The summed E-state index contributed by atoms with van der Waals surface area (Å²) in [5, 5.41) is 2.77. The Bertz CT molecular complexity index is 593. The first-order valence-electron chi connectivity index (χ1n) is 5.71. The standard InChI is InChI=1S/C15H14FNO/c1-10-7-8-12(9-13(10)16)15(18)17-14-6-4-3-5-11(14)2/h3-9H,1-2H3,(H,17,18). The van der Waals surface area contributed by atoms with Crippen LogP contribution in [0.15, 0.2) is 42.5 Å². The Labute approximate surface area is 105 Å². The van der Waals surface area contributed by atoms with E-state index >= 15 is 0 Å². The van der Waals surface area contributed by atoms with Crippen LogP contribution in [0.25, 0.3) is 0 Å². The molecule has 0 unspecified atom stereocenters. The highest BCUT2D eigenvalue weighted by Crippen LogP contribution is 2.16. The number of nitrogens with one attached hydrogen (secondary N) is 1. The fourth-order valence-corrected chi connectivity index (χ4v) is 1.64. The molecule has 0 aliphatic carbocycles. The summed E-state index contributed by atoms with van der Waals surface area (Å²) in [6.45, 7) is 3.57. The number of carbonyl (C=O) groups excluding carboxylic acids is 1. The number of hydrogen-bond donors (Lipinski definition) is 1. The van der Waals surface area contributed by atoms with Gasteiger partial charge >= 0.3 is 0 Å². The van der Waals surface area contributed by atoms with Crippen LogP contribution in [0.1, 0.15) is 21.5 Å². The Kier molecular flexibility index (Phi) is 3.42. The lowest BCUT2D eigenvalue weighted by Gasteiger charge is -2.08. The molecular weight excluding hydrogens is 229 g/mol. The van der Waals surface area contributed by atoms with E-state index in [4.69, 9.17) is 0 Å². The Morgan fingerprint density at radius 1 is 1.06 bits per heavy atom. The summed E-state index contributed by atoms with van der Waals surface area (Å²) >= 11 is 0. The minimum absolute atomic E-state index is 0.303. The van der Waals surface area contributed by atoms with E-state index < -0.39 is 0 Å². The second-order valence-electron chi connectivity index (χ2n) is 4.23. The predicted molar refractivity (Wildman–Crippen MR) is 70.3 cm³/mol. The minimum Gasteiger partial charge on any atom is -0.322 e. The number of anilines is 1. The second kappa shape index (κ2) is 5.00. The van der Waals surface area contributed by atoms with Crippen molar-refractivity contribution >= 4 is 11.6 Å². The molecule has 1 N–H and O–H groups in total. The molecule has 92 valence electrons. The third-order valence-electron chi connectivity index (χ3n) is 2.83. The van der Waals surface area contributed by atoms with Gasteiger partial charge in [0.15, 0.2) is 0 Å². The third-order valence-corrected chi connectivity index (χ3v) is 2.83. The summed E-state index contributed by atoms with van der Waals surface area (Å²) < 4.78 is 13.4. The minimum atomic E-state index is -0.368. The largest absolute Gasteiger partial charge is 0.322 e. The monoisotopic (exact) mass is 243 g/mol. The number of para-hydroxylation sites is 1. The van der Waals surface area contributed by atoms with Crippen molar-refractivity contribution in [2.24, 2.45) is 0 Å². The molecule has 0 saturated carbocycles. The van der Waals surface area contributed by atoms with Crippen LogP contribution in [0.3, 0.4) is 0 Å². The molecule has 0 atom stereocenters. The van der Waals surface area contributed by atoms with Gasteiger partial charge in [0.05, 0.1) is 0 Å². The highest BCUT2D eigenvalue weighted by molar-refractivity contribution is 6.04. The summed E-state index contributed by atoms with van der Waals surface area (Å²) in [5.74, 6) is -0.671. The van der Waals surface area contributed by atoms with Gasteiger partial charge in [-0.3, -0.25) is 4.79 Å². The molecule has 0 spiro atoms. The van der Waals surface area contributed by atoms with Gasteiger partial charge in [-0.05, 0) is 43.2 Å². The van der Waals surface area contributed by atoms with Crippen molar-refractivity contribution in [3.05, 3.63) is 65.0 Å². The van der Waals surface area contributed by atoms with Gasteiger partial charge in [0, 0.05) is 11.3 Å². The first-order valence-corrected chi connectivity index (χ1v) is 5.71. The van der Waals surface area contributed by atoms with Crippen LogP contribution in [-0.4, -0.2) is 5.91 Å². The Morgan fingerprint density at radius 2 is 1.78 bits per heavy atom. The predicted octanol–water partition coefficient (Wildman–Crippen LogP) is 3.69. The molecule has 0 saturated heterocycles. The summed E-state index contributed by atoms with van der Waals surface area (Å²) in [5.41, 5.74) is 2.56. The van der Waals surface area contributed by atoms with Crippen molar-refractivity contribution in [1.29, 1.82) is 0 Å². The molecule has 2 aromatic rings. The van der Waals surface area contributed by atoms with Gasteiger partial charge < -0.3 is 5.32 Å². The first kappa shape index (κ1) is 12.3. The van der Waals surface area contributed by atoms with E-state index in [-0.39, 0.29) is 11.7 Å². The fourth-order valence-electron chi connectivity index (χ4n) is 1.64. The Hall–Kier alpha value is -2.16. The van der Waals surface area contributed by atoms with Crippen LogP contribution in [-0.2, 0) is 0 Å². The summed E-state index contributed by atoms with van der Waals surface area (Å²) in [4.78, 5) is 12.0. The van der Waals surface area contributed by atoms with E-state index in [0.717, 1.165) is 11.3 Å². The average molecular weight is 243 g/mol. The van der Waals surface area contributed by atoms with Gasteiger partial charge in [-0.1, -0.05) is 24.3 Å². The van der Waals surface area contributed by atoms with Gasteiger partial charge in [-0.25, -0.2) is 4.39 Å². The Morgan fingerprint density at radius 3 is 2.44 bits per heavy atom. The van der Waals surface area contributed by atoms with Crippen LogP contribution in [0.4, 0.5) is 10.1 Å². The SMILES string of the molecule is Cc1ccc(C(=O)Nc2ccccc2C)cc1F. The molecule has 0 bridgehead atoms. The smallest absolute Gasteiger partial charge is 0.255 e. The molecule has 0 heterocycles. The number of hydrogen-bond acceptors (Lipinski definition) is 1. The van der Waals surface area contributed by atoms with Crippen LogP contribution in [0.5, 0.6) is 0 Å². The van der Waals surface area contributed by atoms with Crippen molar-refractivity contribution < 1.29 is 9.18 Å². The molecule has 0 aliphatic rings. The molecule has 3 heteroatoms. The maximum absolute atomic E-state index is 13.4. The van der Waals surface area contributed by atoms with E-state index in [0.29, 0.717) is 11.1 Å². The molecule has 0 fully saturated rings. The molecule has 1 amide bonds. The van der Waals surface area contributed by atoms with E-state index in [2.05, 4.69) is 5.32 Å². The maximum Gasteiger partial charge on any atom is 0.255 e. The van der Waals surface area contributed by atoms with Crippen molar-refractivity contribution in [1.82, 2.24) is 0 Å². The lowest BCUT2D eigenvalue weighted by Crippen LogP contribution is -2.13. The summed E-state index contributed by atoms with van der Waals surface area (Å²) in [6, 6.07) is 11.9. The number of halogens is 1. The maximum atomic E-state index is 13.4. The van der Waals surface area contributed by atoms with E-state index in [1.807, 2.05) is 31.2 Å². The van der Waals surface area contributed by atoms with Crippen molar-refractivity contribution in [2.75, 3.05) is 5.32 Å². The van der Waals surface area contributed by atoms with Crippen molar-refractivity contribution in [2.45, 2.75) is 13.8 Å². The summed E-state index contributed by atoms with van der Waals surface area (Å²) in [6.07, 6.45) is 0. The number of benzene rings is 2. The molecule has 0 aliphatic heterocycles. The second-order valence-corrected chi connectivity index (χ2v) is 4.23. The third kappa shape index (κ3) is 2.56. The average Bonchev–Trinajstić information content (AvgIpc) is 2.35. The topological polar surface area (TPSA) is 29.1 Å². The molecular formula is C15H14FNO. The van der Waals surface area contributed by atoms with E-state index in [1.165, 1.54) is 6.07 Å². The van der Waals surface area contributed by atoms with Gasteiger partial charge in [-0.15, -0.1) is 0 Å². The summed E-state index contributed by atoms with van der Waals surface area (Å²) in [7, 11) is 0. The van der Waals surface area contributed by atoms with Gasteiger partial charge in [-0.2, -0.15) is 0 Å². The number of rotatable bonds is 2. The normalized spacial score (nSPS) is 10.2. The zero-order chi connectivity index (χ0) is 13.1. The van der Waals surface area contributed by atoms with Crippen LogP contribution < -0.4 is 5.32 Å². The highest BCUT2D eigenvalue weighted by atomic mass is 19.1. The number of aryl methyl sites for hydroxylation is 2. The lowest BCUT2D eigenvalue weighted by molar-refractivity contribution is 0.102. The van der Waals surface area contributed by atoms with Crippen LogP contribution in [0.2, 0.25) is 0 Å². The van der Waals surface area contributed by atoms with Gasteiger partial charge in [0.2, 0.25) is 0 Å². The fraction of sp³-hybridized carbons (Fsp3) is 0.133. The Balaban J connectivity index is 2.22. The van der Waals surface area contributed by atoms with E-state index in [9.17, 15) is 9.18 Å². The molecule has 2 rings (SSSR count). The van der Waals surface area contributed by atoms with Gasteiger partial charge in [0.1, 0.15) is 5.82 Å². The molecule has 2 nitrogen and oxygen atoms in total. The van der Waals surface area contributed by atoms with Gasteiger partial charge in [0.25, 0.3) is 5.91 Å². The number of amides is 1.